The number of halogens is 1. The number of benzene rings is 3. The predicted octanol–water partition coefficient (Wildman–Crippen LogP) is 4.71. The average Bonchev–Trinajstić information content (AvgIpc) is 2.98. The molecule has 0 bridgehead atoms. The molecule has 3 nitrogen and oxygen atoms in total. The normalized spacial score (nSPS) is 12.7. The number of fused-ring (bicyclic) bond motifs is 3. The van der Waals surface area contributed by atoms with E-state index in [0.717, 1.165) is 11.0 Å². The highest BCUT2D eigenvalue weighted by Crippen LogP contribution is 2.28. The summed E-state index contributed by atoms with van der Waals surface area (Å²) >= 11 is 3.45. The standard InChI is InChI=1S/C22H21BrN2O/c23-17-11-9-16(10-12-17)13-24-14-18(26)15-25-21-7-3-1-5-19(21)20-6-2-4-8-22(20)25/h1-12,18,24,26H,13-15H2. The van der Waals surface area contributed by atoms with Gasteiger partial charge in [-0.25, -0.2) is 0 Å². The molecule has 0 saturated heterocycles. The molecule has 26 heavy (non-hydrogen) atoms. The van der Waals surface area contributed by atoms with Crippen molar-refractivity contribution in [3.8, 4) is 0 Å². The monoisotopic (exact) mass is 408 g/mol. The first-order chi connectivity index (χ1) is 12.7. The summed E-state index contributed by atoms with van der Waals surface area (Å²) in [7, 11) is 0. The van der Waals surface area contributed by atoms with Gasteiger partial charge in [-0.05, 0) is 29.8 Å². The number of aromatic nitrogens is 1. The Labute approximate surface area is 161 Å². The topological polar surface area (TPSA) is 37.2 Å². The molecule has 4 heteroatoms. The molecule has 0 spiro atoms. The number of para-hydroxylation sites is 2. The fraction of sp³-hybridized carbons (Fsp3) is 0.182. The van der Waals surface area contributed by atoms with Gasteiger partial charge in [-0.15, -0.1) is 0 Å². The molecular formula is C22H21BrN2O. The van der Waals surface area contributed by atoms with Gasteiger partial charge >= 0.3 is 0 Å². The van der Waals surface area contributed by atoms with Crippen molar-refractivity contribution in [2.45, 2.75) is 19.2 Å². The van der Waals surface area contributed by atoms with Gasteiger partial charge in [0.1, 0.15) is 0 Å². The van der Waals surface area contributed by atoms with Crippen LogP contribution in [-0.4, -0.2) is 22.3 Å². The minimum Gasteiger partial charge on any atom is -0.390 e. The molecule has 1 heterocycles. The summed E-state index contributed by atoms with van der Waals surface area (Å²) in [6, 6.07) is 25.0. The van der Waals surface area contributed by atoms with E-state index in [2.05, 4.69) is 86.5 Å². The van der Waals surface area contributed by atoms with Gasteiger partial charge in [-0.2, -0.15) is 0 Å². The first kappa shape index (κ1) is 17.3. The number of nitrogens with one attached hydrogen (secondary N) is 1. The molecule has 0 aliphatic carbocycles. The van der Waals surface area contributed by atoms with Crippen molar-refractivity contribution in [1.82, 2.24) is 9.88 Å². The maximum atomic E-state index is 10.6. The molecule has 4 rings (SSSR count). The van der Waals surface area contributed by atoms with Crippen LogP contribution in [0.1, 0.15) is 5.56 Å². The van der Waals surface area contributed by atoms with E-state index in [-0.39, 0.29) is 0 Å². The number of hydrogen-bond acceptors (Lipinski definition) is 2. The van der Waals surface area contributed by atoms with E-state index in [9.17, 15) is 5.11 Å². The summed E-state index contributed by atoms with van der Waals surface area (Å²) in [6.07, 6.45) is -0.454. The van der Waals surface area contributed by atoms with E-state index in [1.54, 1.807) is 0 Å². The number of rotatable bonds is 6. The van der Waals surface area contributed by atoms with Crippen LogP contribution in [-0.2, 0) is 13.1 Å². The lowest BCUT2D eigenvalue weighted by molar-refractivity contribution is 0.154. The Kier molecular flexibility index (Phi) is 5.07. The summed E-state index contributed by atoms with van der Waals surface area (Å²) in [4.78, 5) is 0. The van der Waals surface area contributed by atoms with Crippen LogP contribution >= 0.6 is 15.9 Å². The Balaban J connectivity index is 1.48. The molecule has 1 atom stereocenters. The van der Waals surface area contributed by atoms with Crippen molar-refractivity contribution in [1.29, 1.82) is 0 Å². The Morgan fingerprint density at radius 1 is 0.846 bits per heavy atom. The van der Waals surface area contributed by atoms with Crippen LogP contribution < -0.4 is 5.32 Å². The number of hydrogen-bond donors (Lipinski definition) is 2. The van der Waals surface area contributed by atoms with E-state index in [1.165, 1.54) is 27.4 Å². The van der Waals surface area contributed by atoms with E-state index in [4.69, 9.17) is 0 Å². The Hall–Kier alpha value is -2.14. The molecule has 4 aromatic rings. The second kappa shape index (κ2) is 7.62. The highest BCUT2D eigenvalue weighted by atomic mass is 79.9. The van der Waals surface area contributed by atoms with Gasteiger partial charge in [-0.3, -0.25) is 0 Å². The van der Waals surface area contributed by atoms with Crippen LogP contribution in [0.2, 0.25) is 0 Å². The van der Waals surface area contributed by atoms with Crippen molar-refractivity contribution >= 4 is 37.7 Å². The third kappa shape index (κ3) is 3.54. The molecular weight excluding hydrogens is 388 g/mol. The lowest BCUT2D eigenvalue weighted by Gasteiger charge is -2.15. The van der Waals surface area contributed by atoms with Crippen LogP contribution in [0.4, 0.5) is 0 Å². The molecule has 0 radical (unpaired) electrons. The van der Waals surface area contributed by atoms with Gasteiger partial charge in [0.25, 0.3) is 0 Å². The van der Waals surface area contributed by atoms with Crippen molar-refractivity contribution in [2.75, 3.05) is 6.54 Å². The molecule has 0 aliphatic rings. The quantitative estimate of drug-likeness (QED) is 0.484. The zero-order valence-electron chi connectivity index (χ0n) is 14.4. The molecule has 1 unspecified atom stereocenters. The highest BCUT2D eigenvalue weighted by molar-refractivity contribution is 9.10. The first-order valence-corrected chi connectivity index (χ1v) is 9.61. The number of aliphatic hydroxyl groups is 1. The largest absolute Gasteiger partial charge is 0.390 e. The summed E-state index contributed by atoms with van der Waals surface area (Å²) in [5.74, 6) is 0. The maximum absolute atomic E-state index is 10.6. The Morgan fingerprint density at radius 2 is 1.42 bits per heavy atom. The Morgan fingerprint density at radius 3 is 2.04 bits per heavy atom. The van der Waals surface area contributed by atoms with Crippen molar-refractivity contribution in [3.63, 3.8) is 0 Å². The first-order valence-electron chi connectivity index (χ1n) is 8.81. The fourth-order valence-electron chi connectivity index (χ4n) is 3.46. The third-order valence-electron chi connectivity index (χ3n) is 4.70. The van der Waals surface area contributed by atoms with Gasteiger partial charge in [0, 0.05) is 39.4 Å². The molecule has 1 aromatic heterocycles. The van der Waals surface area contributed by atoms with E-state index < -0.39 is 6.10 Å². The van der Waals surface area contributed by atoms with E-state index in [1.807, 2.05) is 12.1 Å². The third-order valence-corrected chi connectivity index (χ3v) is 5.22. The zero-order chi connectivity index (χ0) is 17.9. The van der Waals surface area contributed by atoms with Crippen LogP contribution in [0.5, 0.6) is 0 Å². The van der Waals surface area contributed by atoms with Crippen molar-refractivity contribution in [2.24, 2.45) is 0 Å². The summed E-state index contributed by atoms with van der Waals surface area (Å²) in [5.41, 5.74) is 3.54. The second-order valence-corrected chi connectivity index (χ2v) is 7.47. The highest BCUT2D eigenvalue weighted by Gasteiger charge is 2.13. The van der Waals surface area contributed by atoms with Gasteiger partial charge in [0.2, 0.25) is 0 Å². The smallest absolute Gasteiger partial charge is 0.0843 e. The molecule has 0 fully saturated rings. The van der Waals surface area contributed by atoms with Crippen LogP contribution in [0.3, 0.4) is 0 Å². The van der Waals surface area contributed by atoms with Gasteiger partial charge < -0.3 is 15.0 Å². The summed E-state index contributed by atoms with van der Waals surface area (Å²) in [6.45, 7) is 1.87. The molecule has 2 N–H and O–H groups in total. The van der Waals surface area contributed by atoms with E-state index in [0.29, 0.717) is 13.1 Å². The minimum absolute atomic E-state index is 0.454. The maximum Gasteiger partial charge on any atom is 0.0843 e. The molecule has 0 amide bonds. The molecule has 0 saturated carbocycles. The minimum atomic E-state index is -0.454. The van der Waals surface area contributed by atoms with Gasteiger partial charge in [0.15, 0.2) is 0 Å². The molecule has 0 aliphatic heterocycles. The lowest BCUT2D eigenvalue weighted by Crippen LogP contribution is -2.29. The summed E-state index contributed by atoms with van der Waals surface area (Å²) in [5, 5.41) is 16.4. The SMILES string of the molecule is OC(CNCc1ccc(Br)cc1)Cn1c2ccccc2c2ccccc21. The van der Waals surface area contributed by atoms with Crippen LogP contribution in [0.25, 0.3) is 21.8 Å². The number of aliphatic hydroxyl groups excluding tert-OH is 1. The van der Waals surface area contributed by atoms with Gasteiger partial charge in [-0.1, -0.05) is 64.5 Å². The molecule has 132 valence electrons. The predicted molar refractivity (Wildman–Crippen MR) is 111 cm³/mol. The average molecular weight is 409 g/mol. The lowest BCUT2D eigenvalue weighted by atomic mass is 10.2. The van der Waals surface area contributed by atoms with Crippen molar-refractivity contribution < 1.29 is 5.11 Å². The summed E-state index contributed by atoms with van der Waals surface area (Å²) < 4.78 is 3.30. The Bertz CT molecular complexity index is 970. The van der Waals surface area contributed by atoms with Crippen molar-refractivity contribution in [3.05, 3.63) is 82.8 Å². The number of nitrogens with zero attached hydrogens (tertiary/aromatic N) is 1. The van der Waals surface area contributed by atoms with Crippen LogP contribution in [0, 0.1) is 0 Å². The van der Waals surface area contributed by atoms with Gasteiger partial charge in [0.05, 0.1) is 12.6 Å². The van der Waals surface area contributed by atoms with E-state index >= 15 is 0 Å². The fourth-order valence-corrected chi connectivity index (χ4v) is 3.73. The zero-order valence-corrected chi connectivity index (χ0v) is 16.0. The second-order valence-electron chi connectivity index (χ2n) is 6.56. The molecule has 3 aromatic carbocycles. The van der Waals surface area contributed by atoms with Crippen LogP contribution in [0.15, 0.2) is 77.3 Å².